The van der Waals surface area contributed by atoms with Crippen LogP contribution in [-0.2, 0) is 6.42 Å². The highest BCUT2D eigenvalue weighted by Crippen LogP contribution is 2.35. The smallest absolute Gasteiger partial charge is 0.317 e. The summed E-state index contributed by atoms with van der Waals surface area (Å²) in [6.07, 6.45) is 5.26. The molecule has 1 unspecified atom stereocenters. The lowest BCUT2D eigenvalue weighted by Gasteiger charge is -2.39. The molecule has 0 aliphatic carbocycles. The number of likely N-dealkylation sites (tertiary alicyclic amines) is 1. The van der Waals surface area contributed by atoms with Gasteiger partial charge >= 0.3 is 6.03 Å². The van der Waals surface area contributed by atoms with Gasteiger partial charge in [-0.3, -0.25) is 0 Å². The molecule has 2 heterocycles. The molecule has 2 saturated heterocycles. The predicted molar refractivity (Wildman–Crippen MR) is 114 cm³/mol. The van der Waals surface area contributed by atoms with Gasteiger partial charge in [0.1, 0.15) is 0 Å². The van der Waals surface area contributed by atoms with E-state index in [0.717, 1.165) is 62.5 Å². The van der Waals surface area contributed by atoms with Crippen molar-refractivity contribution in [2.75, 3.05) is 46.4 Å². The molecule has 2 aliphatic rings. The Labute approximate surface area is 174 Å². The number of carbonyl (C=O) groups excluding carboxylic acids is 1. The first-order valence-electron chi connectivity index (χ1n) is 10.2. The maximum Gasteiger partial charge on any atom is 0.317 e. The van der Waals surface area contributed by atoms with Crippen LogP contribution >= 0.6 is 12.4 Å². The number of halogens is 1. The first-order valence-corrected chi connectivity index (χ1v) is 10.2. The number of carbonyl (C=O) groups is 1. The molecule has 2 N–H and O–H groups in total. The van der Waals surface area contributed by atoms with Gasteiger partial charge in [-0.15, -0.1) is 12.4 Å². The lowest BCUT2D eigenvalue weighted by molar-refractivity contribution is 0.118. The topological polar surface area (TPSA) is 62.8 Å². The molecule has 1 spiro atoms. The fourth-order valence-corrected chi connectivity index (χ4v) is 4.15. The summed E-state index contributed by atoms with van der Waals surface area (Å²) in [5, 5.41) is 6.54. The summed E-state index contributed by atoms with van der Waals surface area (Å²) in [6, 6.07) is 6.06. The first-order chi connectivity index (χ1) is 13.2. The van der Waals surface area contributed by atoms with Gasteiger partial charge in [0.2, 0.25) is 0 Å². The second kappa shape index (κ2) is 10.8. The number of nitrogens with zero attached hydrogens (tertiary/aromatic N) is 1. The maximum absolute atomic E-state index is 12.6. The molecule has 28 heavy (non-hydrogen) atoms. The molecule has 0 saturated carbocycles. The van der Waals surface area contributed by atoms with Crippen molar-refractivity contribution in [3.8, 4) is 11.5 Å². The molecular formula is C21H34ClN3O3. The van der Waals surface area contributed by atoms with Crippen LogP contribution in [0.15, 0.2) is 18.2 Å². The number of rotatable bonds is 7. The zero-order valence-corrected chi connectivity index (χ0v) is 17.9. The highest BCUT2D eigenvalue weighted by Gasteiger charge is 2.39. The summed E-state index contributed by atoms with van der Waals surface area (Å²) >= 11 is 0. The van der Waals surface area contributed by atoms with Crippen LogP contribution in [0.5, 0.6) is 11.5 Å². The van der Waals surface area contributed by atoms with E-state index in [1.807, 2.05) is 23.1 Å². The fourth-order valence-electron chi connectivity index (χ4n) is 4.15. The van der Waals surface area contributed by atoms with Crippen molar-refractivity contribution in [1.82, 2.24) is 15.5 Å². The summed E-state index contributed by atoms with van der Waals surface area (Å²) in [5.74, 6) is 1.52. The molecule has 2 fully saturated rings. The molecular weight excluding hydrogens is 378 g/mol. The van der Waals surface area contributed by atoms with Crippen molar-refractivity contribution in [3.05, 3.63) is 23.8 Å². The van der Waals surface area contributed by atoms with Gasteiger partial charge < -0.3 is 25.0 Å². The van der Waals surface area contributed by atoms with E-state index in [1.54, 1.807) is 7.11 Å². The molecule has 6 nitrogen and oxygen atoms in total. The number of methoxy groups -OCH3 is 1. The van der Waals surface area contributed by atoms with Crippen LogP contribution in [0.1, 0.15) is 38.2 Å². The summed E-state index contributed by atoms with van der Waals surface area (Å²) in [6.45, 7) is 7.25. The Bertz CT molecular complexity index is 635. The van der Waals surface area contributed by atoms with Crippen molar-refractivity contribution >= 4 is 18.4 Å². The molecule has 2 amide bonds. The van der Waals surface area contributed by atoms with Crippen LogP contribution in [-0.4, -0.2) is 57.4 Å². The van der Waals surface area contributed by atoms with Crippen LogP contribution < -0.4 is 20.1 Å². The standard InChI is InChI=1S/C21H33N3O3.ClH/c1-3-13-27-18-6-5-17(14-19(18)26-2)7-10-23-20(25)24-12-4-8-21(16-24)9-11-22-15-21;/h5-6,14,22H,3-4,7-13,15-16H2,1-2H3,(H,23,25);1H. The minimum atomic E-state index is 0. The molecule has 1 aromatic rings. The summed E-state index contributed by atoms with van der Waals surface area (Å²) in [5.41, 5.74) is 1.43. The van der Waals surface area contributed by atoms with E-state index < -0.39 is 0 Å². The van der Waals surface area contributed by atoms with Crippen molar-refractivity contribution in [2.24, 2.45) is 5.41 Å². The van der Waals surface area contributed by atoms with Crippen molar-refractivity contribution < 1.29 is 14.3 Å². The van der Waals surface area contributed by atoms with Gasteiger partial charge in [-0.05, 0) is 56.3 Å². The zero-order chi connectivity index (χ0) is 19.1. The quantitative estimate of drug-likeness (QED) is 0.723. The average molecular weight is 412 g/mol. The number of hydrogen-bond donors (Lipinski definition) is 2. The average Bonchev–Trinajstić information content (AvgIpc) is 3.14. The molecule has 1 aromatic carbocycles. The van der Waals surface area contributed by atoms with E-state index in [9.17, 15) is 4.79 Å². The Balaban J connectivity index is 0.00000280. The Kier molecular flexibility index (Phi) is 8.70. The third-order valence-electron chi connectivity index (χ3n) is 5.66. The molecule has 3 rings (SSSR count). The third-order valence-corrected chi connectivity index (χ3v) is 5.66. The normalized spacial score (nSPS) is 21.3. The van der Waals surface area contributed by atoms with Gasteiger partial charge in [0, 0.05) is 31.6 Å². The van der Waals surface area contributed by atoms with E-state index in [-0.39, 0.29) is 18.4 Å². The van der Waals surface area contributed by atoms with Crippen LogP contribution in [0, 0.1) is 5.41 Å². The van der Waals surface area contributed by atoms with Gasteiger partial charge in [-0.1, -0.05) is 13.0 Å². The highest BCUT2D eigenvalue weighted by atomic mass is 35.5. The zero-order valence-electron chi connectivity index (χ0n) is 17.1. The van der Waals surface area contributed by atoms with E-state index in [0.29, 0.717) is 18.6 Å². The first kappa shape index (κ1) is 22.6. The van der Waals surface area contributed by atoms with E-state index >= 15 is 0 Å². The molecule has 1 atom stereocenters. The van der Waals surface area contributed by atoms with E-state index in [2.05, 4.69) is 17.6 Å². The highest BCUT2D eigenvalue weighted by molar-refractivity contribution is 5.85. The van der Waals surface area contributed by atoms with Gasteiger partial charge in [0.25, 0.3) is 0 Å². The van der Waals surface area contributed by atoms with Gasteiger partial charge in [-0.25, -0.2) is 4.79 Å². The number of ether oxygens (including phenoxy) is 2. The number of urea groups is 1. The number of nitrogens with one attached hydrogen (secondary N) is 2. The number of piperidine rings is 1. The summed E-state index contributed by atoms with van der Waals surface area (Å²) in [4.78, 5) is 14.6. The number of benzene rings is 1. The molecule has 158 valence electrons. The van der Waals surface area contributed by atoms with Gasteiger partial charge in [0.05, 0.1) is 13.7 Å². The van der Waals surface area contributed by atoms with Crippen molar-refractivity contribution in [3.63, 3.8) is 0 Å². The molecule has 0 radical (unpaired) electrons. The molecule has 7 heteroatoms. The Hall–Kier alpha value is -1.66. The monoisotopic (exact) mass is 411 g/mol. The van der Waals surface area contributed by atoms with Crippen LogP contribution in [0.2, 0.25) is 0 Å². The summed E-state index contributed by atoms with van der Waals surface area (Å²) in [7, 11) is 1.66. The summed E-state index contributed by atoms with van der Waals surface area (Å²) < 4.78 is 11.1. The minimum Gasteiger partial charge on any atom is -0.493 e. The Morgan fingerprint density at radius 1 is 1.32 bits per heavy atom. The van der Waals surface area contributed by atoms with Gasteiger partial charge in [0.15, 0.2) is 11.5 Å². The number of hydrogen-bond acceptors (Lipinski definition) is 4. The maximum atomic E-state index is 12.6. The van der Waals surface area contributed by atoms with Gasteiger partial charge in [-0.2, -0.15) is 0 Å². The number of amides is 2. The van der Waals surface area contributed by atoms with Crippen LogP contribution in [0.4, 0.5) is 4.79 Å². The third kappa shape index (κ3) is 5.67. The van der Waals surface area contributed by atoms with E-state index in [4.69, 9.17) is 9.47 Å². The lowest BCUT2D eigenvalue weighted by Crippen LogP contribution is -2.50. The molecule has 2 aliphatic heterocycles. The fraction of sp³-hybridized carbons (Fsp3) is 0.667. The second-order valence-electron chi connectivity index (χ2n) is 7.77. The van der Waals surface area contributed by atoms with Crippen molar-refractivity contribution in [1.29, 1.82) is 0 Å². The van der Waals surface area contributed by atoms with Crippen LogP contribution in [0.25, 0.3) is 0 Å². The molecule has 0 aromatic heterocycles. The SMILES string of the molecule is CCCOc1ccc(CCNC(=O)N2CCCC3(CCNC3)C2)cc1OC.Cl. The van der Waals surface area contributed by atoms with Crippen LogP contribution in [0.3, 0.4) is 0 Å². The molecule has 0 bridgehead atoms. The van der Waals surface area contributed by atoms with E-state index in [1.165, 1.54) is 12.8 Å². The van der Waals surface area contributed by atoms with Crippen molar-refractivity contribution in [2.45, 2.75) is 39.0 Å². The Morgan fingerprint density at radius 2 is 2.18 bits per heavy atom. The largest absolute Gasteiger partial charge is 0.493 e. The predicted octanol–water partition coefficient (Wildman–Crippen LogP) is 3.23. The second-order valence-corrected chi connectivity index (χ2v) is 7.77. The Morgan fingerprint density at radius 3 is 2.89 bits per heavy atom. The lowest BCUT2D eigenvalue weighted by atomic mass is 9.79. The minimum absolute atomic E-state index is 0.